The zero-order valence-corrected chi connectivity index (χ0v) is 16.9. The molecule has 1 aliphatic carbocycles. The summed E-state index contributed by atoms with van der Waals surface area (Å²) in [5.74, 6) is -3.84. The molecule has 31 heavy (non-hydrogen) atoms. The number of carbonyl (C=O) groups is 5. The molecule has 0 aromatic heterocycles. The van der Waals surface area contributed by atoms with Crippen molar-refractivity contribution in [3.8, 4) is 0 Å². The Morgan fingerprint density at radius 3 is 2.06 bits per heavy atom. The SMILES string of the molecule is O=C1CCC(C(=O)N[C@H](C(=O)O)c2ccc(Cl)cc2)(N2C(=O)c3ccccc3C2=O)C1. The van der Waals surface area contributed by atoms with Crippen LogP contribution in [0.15, 0.2) is 48.5 Å². The van der Waals surface area contributed by atoms with Crippen LogP contribution in [0.5, 0.6) is 0 Å². The van der Waals surface area contributed by atoms with E-state index < -0.39 is 35.3 Å². The van der Waals surface area contributed by atoms with Crippen molar-refractivity contribution in [3.63, 3.8) is 0 Å². The van der Waals surface area contributed by atoms with Gasteiger partial charge in [0.15, 0.2) is 6.04 Å². The second-order valence-electron chi connectivity index (χ2n) is 7.53. The Labute approximate surface area is 181 Å². The molecule has 2 atom stereocenters. The van der Waals surface area contributed by atoms with Crippen molar-refractivity contribution >= 4 is 41.1 Å². The van der Waals surface area contributed by atoms with Crippen LogP contribution < -0.4 is 5.32 Å². The average molecular weight is 441 g/mol. The number of amides is 3. The van der Waals surface area contributed by atoms with Gasteiger partial charge in [-0.25, -0.2) is 4.79 Å². The molecule has 3 amide bonds. The molecule has 2 aromatic rings. The molecule has 2 aliphatic rings. The lowest BCUT2D eigenvalue weighted by atomic mass is 9.92. The molecule has 1 unspecified atom stereocenters. The Morgan fingerprint density at radius 1 is 1.00 bits per heavy atom. The van der Waals surface area contributed by atoms with Crippen LogP contribution in [0.25, 0.3) is 0 Å². The van der Waals surface area contributed by atoms with Gasteiger partial charge in [0.05, 0.1) is 11.1 Å². The van der Waals surface area contributed by atoms with Crippen LogP contribution in [0.2, 0.25) is 5.02 Å². The Balaban J connectivity index is 1.71. The second kappa shape index (κ2) is 7.63. The largest absolute Gasteiger partial charge is 0.479 e. The molecule has 158 valence electrons. The maximum Gasteiger partial charge on any atom is 0.330 e. The summed E-state index contributed by atoms with van der Waals surface area (Å²) in [6, 6.07) is 10.6. The summed E-state index contributed by atoms with van der Waals surface area (Å²) < 4.78 is 0. The number of imide groups is 1. The summed E-state index contributed by atoms with van der Waals surface area (Å²) in [6.45, 7) is 0. The van der Waals surface area contributed by atoms with Gasteiger partial charge < -0.3 is 10.4 Å². The number of ketones is 1. The van der Waals surface area contributed by atoms with E-state index >= 15 is 0 Å². The Bertz CT molecular complexity index is 1090. The minimum absolute atomic E-state index is 0.000488. The number of halogens is 1. The lowest BCUT2D eigenvalue weighted by Crippen LogP contribution is -2.60. The fourth-order valence-corrected chi connectivity index (χ4v) is 4.25. The molecule has 0 radical (unpaired) electrons. The zero-order chi connectivity index (χ0) is 22.3. The number of hydrogen-bond acceptors (Lipinski definition) is 5. The van der Waals surface area contributed by atoms with E-state index in [0.717, 1.165) is 4.90 Å². The van der Waals surface area contributed by atoms with Crippen molar-refractivity contribution in [2.24, 2.45) is 0 Å². The van der Waals surface area contributed by atoms with Gasteiger partial charge >= 0.3 is 5.97 Å². The van der Waals surface area contributed by atoms with Gasteiger partial charge in [0.25, 0.3) is 11.8 Å². The third kappa shape index (κ3) is 3.38. The minimum atomic E-state index is -1.79. The van der Waals surface area contributed by atoms with Crippen molar-refractivity contribution in [2.45, 2.75) is 30.8 Å². The molecule has 2 N–H and O–H groups in total. The molecular weight excluding hydrogens is 424 g/mol. The number of Topliss-reactive ketones (excluding diaryl/α,β-unsaturated/α-hetero) is 1. The normalized spacial score (nSPS) is 21.2. The average Bonchev–Trinajstić information content (AvgIpc) is 3.25. The van der Waals surface area contributed by atoms with E-state index in [2.05, 4.69) is 5.32 Å². The first-order valence-electron chi connectivity index (χ1n) is 9.53. The number of carboxylic acid groups (broad SMARTS) is 1. The van der Waals surface area contributed by atoms with Crippen LogP contribution in [0.4, 0.5) is 0 Å². The molecule has 4 rings (SSSR count). The summed E-state index contributed by atoms with van der Waals surface area (Å²) in [6.07, 6.45) is -0.438. The van der Waals surface area contributed by atoms with Crippen molar-refractivity contribution in [3.05, 3.63) is 70.2 Å². The van der Waals surface area contributed by atoms with E-state index in [4.69, 9.17) is 11.6 Å². The van der Waals surface area contributed by atoms with Crippen LogP contribution in [0.3, 0.4) is 0 Å². The number of fused-ring (bicyclic) bond motifs is 1. The van der Waals surface area contributed by atoms with Crippen molar-refractivity contribution in [1.29, 1.82) is 0 Å². The van der Waals surface area contributed by atoms with E-state index in [0.29, 0.717) is 5.02 Å². The molecule has 1 fully saturated rings. The number of nitrogens with zero attached hydrogens (tertiary/aromatic N) is 1. The summed E-state index contributed by atoms with van der Waals surface area (Å²) in [7, 11) is 0. The number of carboxylic acids is 1. The first-order chi connectivity index (χ1) is 14.7. The highest BCUT2D eigenvalue weighted by atomic mass is 35.5. The van der Waals surface area contributed by atoms with E-state index in [1.165, 1.54) is 36.4 Å². The van der Waals surface area contributed by atoms with Gasteiger partial charge in [-0.1, -0.05) is 35.9 Å². The molecule has 1 saturated carbocycles. The Morgan fingerprint density at radius 2 is 1.58 bits per heavy atom. The van der Waals surface area contributed by atoms with E-state index in [1.807, 2.05) is 0 Å². The van der Waals surface area contributed by atoms with Gasteiger partial charge in [0.2, 0.25) is 5.91 Å². The van der Waals surface area contributed by atoms with E-state index in [-0.39, 0.29) is 41.7 Å². The Hall–Kier alpha value is -3.52. The van der Waals surface area contributed by atoms with Gasteiger partial charge in [-0.2, -0.15) is 0 Å². The molecule has 0 spiro atoms. The lowest BCUT2D eigenvalue weighted by molar-refractivity contribution is -0.144. The third-order valence-electron chi connectivity index (χ3n) is 5.68. The number of nitrogens with one attached hydrogen (secondary N) is 1. The van der Waals surface area contributed by atoms with Crippen molar-refractivity contribution in [2.75, 3.05) is 0 Å². The summed E-state index contributed by atoms with van der Waals surface area (Å²) in [5.41, 5.74) is -1.24. The summed E-state index contributed by atoms with van der Waals surface area (Å²) in [5, 5.41) is 12.5. The van der Waals surface area contributed by atoms with Gasteiger partial charge in [-0.05, 0) is 36.2 Å². The van der Waals surface area contributed by atoms with Crippen LogP contribution in [-0.2, 0) is 14.4 Å². The Kier molecular flexibility index (Phi) is 5.10. The second-order valence-corrected chi connectivity index (χ2v) is 7.97. The van der Waals surface area contributed by atoms with Crippen LogP contribution >= 0.6 is 11.6 Å². The molecule has 1 heterocycles. The minimum Gasteiger partial charge on any atom is -0.479 e. The fraction of sp³-hybridized carbons (Fsp3) is 0.227. The number of hydrogen-bond donors (Lipinski definition) is 2. The first-order valence-corrected chi connectivity index (χ1v) is 9.91. The predicted molar refractivity (Wildman–Crippen MR) is 109 cm³/mol. The molecule has 0 saturated heterocycles. The maximum absolute atomic E-state index is 13.4. The van der Waals surface area contributed by atoms with Gasteiger partial charge in [0.1, 0.15) is 11.3 Å². The number of aliphatic carboxylic acids is 1. The number of carbonyl (C=O) groups excluding carboxylic acids is 4. The quantitative estimate of drug-likeness (QED) is 0.688. The summed E-state index contributed by atoms with van der Waals surface area (Å²) >= 11 is 5.85. The van der Waals surface area contributed by atoms with Crippen LogP contribution in [0, 0.1) is 0 Å². The van der Waals surface area contributed by atoms with Crippen molar-refractivity contribution in [1.82, 2.24) is 10.2 Å². The molecule has 1 aliphatic heterocycles. The maximum atomic E-state index is 13.4. The predicted octanol–water partition coefficient (Wildman–Crippen LogP) is 2.37. The van der Waals surface area contributed by atoms with Gasteiger partial charge in [-0.3, -0.25) is 24.1 Å². The highest BCUT2D eigenvalue weighted by Crippen LogP contribution is 2.39. The highest BCUT2D eigenvalue weighted by molar-refractivity contribution is 6.30. The third-order valence-corrected chi connectivity index (χ3v) is 5.93. The lowest BCUT2D eigenvalue weighted by Gasteiger charge is -2.35. The molecule has 9 heteroatoms. The van der Waals surface area contributed by atoms with Crippen LogP contribution in [-0.4, -0.2) is 45.0 Å². The molecule has 8 nitrogen and oxygen atoms in total. The number of benzene rings is 2. The van der Waals surface area contributed by atoms with Crippen LogP contribution in [0.1, 0.15) is 51.6 Å². The topological polar surface area (TPSA) is 121 Å². The van der Waals surface area contributed by atoms with E-state index in [1.54, 1.807) is 12.1 Å². The van der Waals surface area contributed by atoms with Gasteiger partial charge in [0, 0.05) is 17.9 Å². The van der Waals surface area contributed by atoms with Gasteiger partial charge in [-0.15, -0.1) is 0 Å². The summed E-state index contributed by atoms with van der Waals surface area (Å²) in [4.78, 5) is 64.3. The molecular formula is C22H17ClN2O6. The monoisotopic (exact) mass is 440 g/mol. The number of rotatable bonds is 5. The molecule has 2 aromatic carbocycles. The highest BCUT2D eigenvalue weighted by Gasteiger charge is 2.57. The standard InChI is InChI=1S/C22H17ClN2O6/c23-13-7-5-12(6-8-13)17(20(29)30)24-21(31)22(10-9-14(26)11-22)25-18(27)15-3-1-2-4-16(15)19(25)28/h1-8,17H,9-11H2,(H,24,31)(H,29,30)/t17-,22?/m0/s1. The molecule has 0 bridgehead atoms. The smallest absolute Gasteiger partial charge is 0.330 e. The first kappa shape index (κ1) is 20.7. The zero-order valence-electron chi connectivity index (χ0n) is 16.1. The van der Waals surface area contributed by atoms with E-state index in [9.17, 15) is 29.1 Å². The fourth-order valence-electron chi connectivity index (χ4n) is 4.12. The van der Waals surface area contributed by atoms with Crippen molar-refractivity contribution < 1.29 is 29.1 Å².